The Morgan fingerprint density at radius 1 is 1.12 bits per heavy atom. The van der Waals surface area contributed by atoms with E-state index >= 15 is 0 Å². The van der Waals surface area contributed by atoms with Crippen LogP contribution in [0.1, 0.15) is 40.4 Å². The summed E-state index contributed by atoms with van der Waals surface area (Å²) in [6, 6.07) is 14.8. The summed E-state index contributed by atoms with van der Waals surface area (Å²) in [6.45, 7) is 0. The molecule has 0 heterocycles. The molecule has 0 radical (unpaired) electrons. The van der Waals surface area contributed by atoms with Gasteiger partial charge in [-0.1, -0.05) is 24.3 Å². The zero-order valence-electron chi connectivity index (χ0n) is 14.4. The molecule has 1 amide bonds. The van der Waals surface area contributed by atoms with E-state index < -0.39 is 10.0 Å². The Bertz CT molecular complexity index is 876. The minimum atomic E-state index is -3.31. The molecule has 2 aromatic rings. The SMILES string of the molecule is CN(c1ccc(C(=O)N[C@@H]2CCCc3ccccc32)cc1)S(C)(=O)=O. The topological polar surface area (TPSA) is 66.5 Å². The number of rotatable bonds is 4. The van der Waals surface area contributed by atoms with Crippen LogP contribution in [0.25, 0.3) is 0 Å². The molecular weight excluding hydrogens is 336 g/mol. The zero-order chi connectivity index (χ0) is 18.0. The number of amides is 1. The van der Waals surface area contributed by atoms with E-state index in [0.29, 0.717) is 11.3 Å². The Balaban J connectivity index is 1.75. The van der Waals surface area contributed by atoms with Crippen LogP contribution in [0.5, 0.6) is 0 Å². The van der Waals surface area contributed by atoms with Crippen LogP contribution >= 0.6 is 0 Å². The van der Waals surface area contributed by atoms with Gasteiger partial charge in [0.05, 0.1) is 18.0 Å². The Kier molecular flexibility index (Phi) is 4.81. The van der Waals surface area contributed by atoms with Gasteiger partial charge in [-0.25, -0.2) is 8.42 Å². The molecule has 0 fully saturated rings. The number of hydrogen-bond acceptors (Lipinski definition) is 3. The normalized spacial score (nSPS) is 16.8. The second-order valence-corrected chi connectivity index (χ2v) is 8.41. The number of fused-ring (bicyclic) bond motifs is 1. The maximum atomic E-state index is 12.6. The highest BCUT2D eigenvalue weighted by Crippen LogP contribution is 2.29. The largest absolute Gasteiger partial charge is 0.345 e. The van der Waals surface area contributed by atoms with Gasteiger partial charge in [0, 0.05) is 12.6 Å². The van der Waals surface area contributed by atoms with Crippen LogP contribution in [0.4, 0.5) is 5.69 Å². The first kappa shape index (κ1) is 17.5. The number of hydrogen-bond donors (Lipinski definition) is 1. The van der Waals surface area contributed by atoms with E-state index in [4.69, 9.17) is 0 Å². The average molecular weight is 358 g/mol. The van der Waals surface area contributed by atoms with E-state index in [1.165, 1.54) is 22.5 Å². The van der Waals surface area contributed by atoms with Crippen LogP contribution in [-0.2, 0) is 16.4 Å². The lowest BCUT2D eigenvalue weighted by atomic mass is 9.87. The maximum Gasteiger partial charge on any atom is 0.251 e. The average Bonchev–Trinajstić information content (AvgIpc) is 2.61. The highest BCUT2D eigenvalue weighted by atomic mass is 32.2. The molecule has 1 aliphatic rings. The minimum Gasteiger partial charge on any atom is -0.345 e. The van der Waals surface area contributed by atoms with Crippen molar-refractivity contribution in [3.05, 3.63) is 65.2 Å². The number of nitrogens with one attached hydrogen (secondary N) is 1. The van der Waals surface area contributed by atoms with Crippen molar-refractivity contribution < 1.29 is 13.2 Å². The molecule has 0 aliphatic heterocycles. The monoisotopic (exact) mass is 358 g/mol. The van der Waals surface area contributed by atoms with E-state index in [1.54, 1.807) is 24.3 Å². The third-order valence-corrected chi connectivity index (χ3v) is 5.87. The van der Waals surface area contributed by atoms with Crippen molar-refractivity contribution in [3.8, 4) is 0 Å². The maximum absolute atomic E-state index is 12.6. The standard InChI is InChI=1S/C19H22N2O3S/c1-21(25(2,23)24)16-12-10-15(11-13-16)19(22)20-18-9-5-7-14-6-3-4-8-17(14)18/h3-4,6,8,10-13,18H,5,7,9H2,1-2H3,(H,20,22)/t18-/m1/s1. The Hall–Kier alpha value is -2.34. The lowest BCUT2D eigenvalue weighted by Crippen LogP contribution is -2.31. The second kappa shape index (κ2) is 6.88. The molecule has 2 aromatic carbocycles. The quantitative estimate of drug-likeness (QED) is 0.914. The van der Waals surface area contributed by atoms with Gasteiger partial charge in [0.15, 0.2) is 0 Å². The number of anilines is 1. The van der Waals surface area contributed by atoms with E-state index in [2.05, 4.69) is 17.4 Å². The zero-order valence-corrected chi connectivity index (χ0v) is 15.2. The van der Waals surface area contributed by atoms with E-state index in [9.17, 15) is 13.2 Å². The van der Waals surface area contributed by atoms with Gasteiger partial charge < -0.3 is 5.32 Å². The number of carbonyl (C=O) groups is 1. The van der Waals surface area contributed by atoms with Gasteiger partial charge in [0.1, 0.15) is 0 Å². The van der Waals surface area contributed by atoms with Crippen LogP contribution < -0.4 is 9.62 Å². The molecule has 0 bridgehead atoms. The molecule has 0 unspecified atom stereocenters. The third kappa shape index (κ3) is 3.85. The molecule has 1 atom stereocenters. The summed E-state index contributed by atoms with van der Waals surface area (Å²) < 4.78 is 24.3. The number of nitrogens with zero attached hydrogens (tertiary/aromatic N) is 1. The summed E-state index contributed by atoms with van der Waals surface area (Å²) in [4.78, 5) is 12.6. The molecule has 0 saturated heterocycles. The predicted molar refractivity (Wildman–Crippen MR) is 99.3 cm³/mol. The lowest BCUT2D eigenvalue weighted by molar-refractivity contribution is 0.0933. The first-order chi connectivity index (χ1) is 11.9. The van der Waals surface area contributed by atoms with Gasteiger partial charge in [-0.15, -0.1) is 0 Å². The van der Waals surface area contributed by atoms with Crippen LogP contribution in [-0.4, -0.2) is 27.6 Å². The molecule has 0 saturated carbocycles. The summed E-state index contributed by atoms with van der Waals surface area (Å²) in [7, 11) is -1.82. The fourth-order valence-electron chi connectivity index (χ4n) is 3.16. The lowest BCUT2D eigenvalue weighted by Gasteiger charge is -2.26. The van der Waals surface area contributed by atoms with Gasteiger partial charge in [0.2, 0.25) is 10.0 Å². The van der Waals surface area contributed by atoms with Gasteiger partial charge in [-0.3, -0.25) is 9.10 Å². The fraction of sp³-hybridized carbons (Fsp3) is 0.316. The van der Waals surface area contributed by atoms with E-state index in [-0.39, 0.29) is 11.9 Å². The molecular formula is C19H22N2O3S. The van der Waals surface area contributed by atoms with Crippen molar-refractivity contribution in [2.45, 2.75) is 25.3 Å². The molecule has 6 heteroatoms. The predicted octanol–water partition coefficient (Wildman–Crippen LogP) is 2.89. The first-order valence-electron chi connectivity index (χ1n) is 8.29. The number of aryl methyl sites for hydroxylation is 1. The van der Waals surface area contributed by atoms with Crippen LogP contribution in [0.3, 0.4) is 0 Å². The van der Waals surface area contributed by atoms with Crippen molar-refractivity contribution in [1.29, 1.82) is 0 Å². The molecule has 132 valence electrons. The number of benzene rings is 2. The van der Waals surface area contributed by atoms with Crippen molar-refractivity contribution in [1.82, 2.24) is 5.32 Å². The number of carbonyl (C=O) groups excluding carboxylic acids is 1. The molecule has 1 N–H and O–H groups in total. The molecule has 3 rings (SSSR count). The molecule has 1 aliphatic carbocycles. The molecule has 5 nitrogen and oxygen atoms in total. The van der Waals surface area contributed by atoms with Crippen LogP contribution in [0, 0.1) is 0 Å². The van der Waals surface area contributed by atoms with Crippen LogP contribution in [0.15, 0.2) is 48.5 Å². The Morgan fingerprint density at radius 3 is 2.48 bits per heavy atom. The smallest absolute Gasteiger partial charge is 0.251 e. The molecule has 0 spiro atoms. The van der Waals surface area contributed by atoms with Crippen molar-refractivity contribution in [2.75, 3.05) is 17.6 Å². The summed E-state index contributed by atoms with van der Waals surface area (Å²) in [5.74, 6) is -0.143. The number of sulfonamides is 1. The summed E-state index contributed by atoms with van der Waals surface area (Å²) in [5, 5.41) is 3.10. The van der Waals surface area contributed by atoms with Gasteiger partial charge in [-0.05, 0) is 54.7 Å². The van der Waals surface area contributed by atoms with Crippen LogP contribution in [0.2, 0.25) is 0 Å². The fourth-order valence-corrected chi connectivity index (χ4v) is 3.66. The van der Waals surface area contributed by atoms with Crippen molar-refractivity contribution in [3.63, 3.8) is 0 Å². The van der Waals surface area contributed by atoms with E-state index in [1.807, 2.05) is 12.1 Å². The van der Waals surface area contributed by atoms with E-state index in [0.717, 1.165) is 25.5 Å². The van der Waals surface area contributed by atoms with Crippen molar-refractivity contribution >= 4 is 21.6 Å². The molecule has 25 heavy (non-hydrogen) atoms. The summed E-state index contributed by atoms with van der Waals surface area (Å²) in [6.07, 6.45) is 4.18. The second-order valence-electron chi connectivity index (χ2n) is 6.39. The molecule has 0 aromatic heterocycles. The van der Waals surface area contributed by atoms with Gasteiger partial charge in [0.25, 0.3) is 5.91 Å². The summed E-state index contributed by atoms with van der Waals surface area (Å²) >= 11 is 0. The van der Waals surface area contributed by atoms with Gasteiger partial charge >= 0.3 is 0 Å². The highest BCUT2D eigenvalue weighted by molar-refractivity contribution is 7.92. The summed E-state index contributed by atoms with van der Waals surface area (Å²) in [5.41, 5.74) is 3.54. The Morgan fingerprint density at radius 2 is 1.80 bits per heavy atom. The Labute approximate surface area is 148 Å². The minimum absolute atomic E-state index is 0.0239. The highest BCUT2D eigenvalue weighted by Gasteiger charge is 2.22. The first-order valence-corrected chi connectivity index (χ1v) is 10.1. The van der Waals surface area contributed by atoms with Crippen molar-refractivity contribution in [2.24, 2.45) is 0 Å². The van der Waals surface area contributed by atoms with Gasteiger partial charge in [-0.2, -0.15) is 0 Å². The third-order valence-electron chi connectivity index (χ3n) is 4.67.